The molecule has 1 aliphatic heterocycles. The predicted octanol–water partition coefficient (Wildman–Crippen LogP) is 4.61. The van der Waals surface area contributed by atoms with Crippen LogP contribution in [0.5, 0.6) is 0 Å². The first-order valence-corrected chi connectivity index (χ1v) is 12.6. The highest BCUT2D eigenvalue weighted by molar-refractivity contribution is 5.69. The molecule has 1 fully saturated rings. The standard InChI is InChI=1S/C29H28N4O5/c1-20(37-28-4-2-3-15-36-28)29-30-13-14-33(29)19-25-16-26(38-32-25)23-10-7-21(8-11-23)5-6-22-9-12-24(31-18-22)17-27(34)35/h7-14,16,18,20,28H,2-4,15,17,19H2,1H3,(H,34,35)/t20-,28?/m0/s1. The van der Waals surface area contributed by atoms with Crippen molar-refractivity contribution in [2.24, 2.45) is 0 Å². The van der Waals surface area contributed by atoms with Crippen molar-refractivity contribution in [2.75, 3.05) is 6.61 Å². The highest BCUT2D eigenvalue weighted by atomic mass is 16.7. The van der Waals surface area contributed by atoms with Crippen LogP contribution in [0.25, 0.3) is 11.3 Å². The molecule has 0 saturated carbocycles. The van der Waals surface area contributed by atoms with Crippen LogP contribution in [-0.2, 0) is 27.2 Å². The molecule has 1 aliphatic rings. The maximum Gasteiger partial charge on any atom is 0.309 e. The molecule has 38 heavy (non-hydrogen) atoms. The van der Waals surface area contributed by atoms with Gasteiger partial charge in [0.1, 0.15) is 17.6 Å². The van der Waals surface area contributed by atoms with E-state index >= 15 is 0 Å². The van der Waals surface area contributed by atoms with Crippen LogP contribution in [0.15, 0.2) is 65.6 Å². The van der Waals surface area contributed by atoms with Gasteiger partial charge in [0.05, 0.1) is 18.7 Å². The third-order valence-corrected chi connectivity index (χ3v) is 6.17. The highest BCUT2D eigenvalue weighted by Crippen LogP contribution is 2.25. The lowest BCUT2D eigenvalue weighted by atomic mass is 10.1. The minimum atomic E-state index is -0.911. The van der Waals surface area contributed by atoms with E-state index in [0.717, 1.165) is 48.5 Å². The summed E-state index contributed by atoms with van der Waals surface area (Å²) in [4.78, 5) is 19.4. The zero-order valence-electron chi connectivity index (χ0n) is 21.0. The van der Waals surface area contributed by atoms with Gasteiger partial charge < -0.3 is 23.7 Å². The van der Waals surface area contributed by atoms with Crippen molar-refractivity contribution in [3.05, 3.63) is 89.4 Å². The Labute approximate surface area is 220 Å². The van der Waals surface area contributed by atoms with E-state index in [4.69, 9.17) is 19.1 Å². The summed E-state index contributed by atoms with van der Waals surface area (Å²) in [6.07, 6.45) is 7.86. The number of carboxylic acid groups (broad SMARTS) is 1. The van der Waals surface area contributed by atoms with Gasteiger partial charge >= 0.3 is 5.97 Å². The van der Waals surface area contributed by atoms with Crippen LogP contribution < -0.4 is 0 Å². The molecule has 1 aromatic carbocycles. The molecule has 194 valence electrons. The Kier molecular flexibility index (Phi) is 7.92. The molecule has 1 unspecified atom stereocenters. The molecule has 9 nitrogen and oxygen atoms in total. The molecule has 5 rings (SSSR count). The maximum absolute atomic E-state index is 10.8. The van der Waals surface area contributed by atoms with Crippen LogP contribution in [0, 0.1) is 11.8 Å². The van der Waals surface area contributed by atoms with Gasteiger partial charge in [-0.25, -0.2) is 4.98 Å². The molecule has 1 saturated heterocycles. The quantitative estimate of drug-likeness (QED) is 0.341. The van der Waals surface area contributed by atoms with Crippen molar-refractivity contribution in [3.8, 4) is 23.2 Å². The summed E-state index contributed by atoms with van der Waals surface area (Å²) in [5, 5.41) is 13.1. The summed E-state index contributed by atoms with van der Waals surface area (Å²) in [6.45, 7) is 3.24. The molecule has 4 heterocycles. The Hall–Kier alpha value is -4.26. The number of aliphatic carboxylic acids is 1. The van der Waals surface area contributed by atoms with Crippen molar-refractivity contribution in [2.45, 2.75) is 51.5 Å². The van der Waals surface area contributed by atoms with E-state index < -0.39 is 5.97 Å². The van der Waals surface area contributed by atoms with Crippen molar-refractivity contribution in [3.63, 3.8) is 0 Å². The second-order valence-corrected chi connectivity index (χ2v) is 9.11. The summed E-state index contributed by atoms with van der Waals surface area (Å²) in [7, 11) is 0. The third kappa shape index (κ3) is 6.54. The van der Waals surface area contributed by atoms with E-state index in [1.54, 1.807) is 24.5 Å². The molecule has 4 aromatic rings. The number of nitrogens with zero attached hydrogens (tertiary/aromatic N) is 4. The van der Waals surface area contributed by atoms with Crippen molar-refractivity contribution < 1.29 is 23.9 Å². The number of hydrogen-bond donors (Lipinski definition) is 1. The molecule has 3 aromatic heterocycles. The lowest BCUT2D eigenvalue weighted by Gasteiger charge is -2.26. The van der Waals surface area contributed by atoms with E-state index in [1.165, 1.54) is 0 Å². The van der Waals surface area contributed by atoms with E-state index in [9.17, 15) is 4.79 Å². The summed E-state index contributed by atoms with van der Waals surface area (Å²) in [5.74, 6) is 6.72. The summed E-state index contributed by atoms with van der Waals surface area (Å²) < 4.78 is 19.4. The number of benzene rings is 1. The molecular formula is C29H28N4O5. The number of aromatic nitrogens is 4. The van der Waals surface area contributed by atoms with Crippen LogP contribution in [-0.4, -0.2) is 43.7 Å². The second kappa shape index (κ2) is 11.9. The second-order valence-electron chi connectivity index (χ2n) is 9.11. The van der Waals surface area contributed by atoms with Gasteiger partial charge in [-0.1, -0.05) is 17.0 Å². The highest BCUT2D eigenvalue weighted by Gasteiger charge is 2.21. The van der Waals surface area contributed by atoms with Crippen molar-refractivity contribution >= 4 is 5.97 Å². The molecule has 0 radical (unpaired) electrons. The van der Waals surface area contributed by atoms with E-state index in [1.807, 2.05) is 48.0 Å². The average molecular weight is 513 g/mol. The Morgan fingerprint density at radius 1 is 1.13 bits per heavy atom. The fourth-order valence-corrected chi connectivity index (χ4v) is 4.24. The largest absolute Gasteiger partial charge is 0.481 e. The Morgan fingerprint density at radius 2 is 1.95 bits per heavy atom. The first-order valence-electron chi connectivity index (χ1n) is 12.6. The van der Waals surface area contributed by atoms with Crippen LogP contribution in [0.2, 0.25) is 0 Å². The van der Waals surface area contributed by atoms with Gasteiger partial charge in [0.2, 0.25) is 0 Å². The fourth-order valence-electron chi connectivity index (χ4n) is 4.24. The number of carboxylic acids is 1. The number of pyridine rings is 1. The number of hydrogen-bond acceptors (Lipinski definition) is 7. The van der Waals surface area contributed by atoms with Gasteiger partial charge in [-0.2, -0.15) is 0 Å². The zero-order chi connectivity index (χ0) is 26.3. The number of imidazole rings is 1. The van der Waals surface area contributed by atoms with E-state index in [0.29, 0.717) is 23.6 Å². The zero-order valence-corrected chi connectivity index (χ0v) is 21.0. The van der Waals surface area contributed by atoms with Gasteiger partial charge in [-0.15, -0.1) is 0 Å². The molecule has 0 bridgehead atoms. The maximum atomic E-state index is 10.8. The molecule has 1 N–H and O–H groups in total. The van der Waals surface area contributed by atoms with Crippen LogP contribution in [0.3, 0.4) is 0 Å². The molecule has 9 heteroatoms. The monoisotopic (exact) mass is 512 g/mol. The Balaban J connectivity index is 1.20. The molecular weight excluding hydrogens is 484 g/mol. The Bertz CT molecular complexity index is 1420. The van der Waals surface area contributed by atoms with Crippen LogP contribution in [0.1, 0.15) is 60.6 Å². The summed E-state index contributed by atoms with van der Waals surface area (Å²) >= 11 is 0. The van der Waals surface area contributed by atoms with Crippen LogP contribution in [0.4, 0.5) is 0 Å². The first-order chi connectivity index (χ1) is 18.5. The average Bonchev–Trinajstić information content (AvgIpc) is 3.59. The fraction of sp³-hybridized carbons (Fsp3) is 0.310. The van der Waals surface area contributed by atoms with Gasteiger partial charge in [0.15, 0.2) is 12.1 Å². The lowest BCUT2D eigenvalue weighted by Crippen LogP contribution is -2.24. The van der Waals surface area contributed by atoms with Gasteiger partial charge in [0, 0.05) is 48.0 Å². The first kappa shape index (κ1) is 25.4. The SMILES string of the molecule is C[C@H](OC1CCCCO1)c1nccn1Cc1cc(-c2ccc(C#Cc3ccc(CC(=O)O)nc3)cc2)on1. The van der Waals surface area contributed by atoms with Crippen LogP contribution >= 0.6 is 0 Å². The number of rotatable bonds is 8. The third-order valence-electron chi connectivity index (χ3n) is 6.17. The van der Waals surface area contributed by atoms with Gasteiger partial charge in [-0.05, 0) is 62.6 Å². The van der Waals surface area contributed by atoms with Crippen molar-refractivity contribution in [1.82, 2.24) is 19.7 Å². The van der Waals surface area contributed by atoms with Gasteiger partial charge in [0.25, 0.3) is 0 Å². The van der Waals surface area contributed by atoms with Gasteiger partial charge in [-0.3, -0.25) is 9.78 Å². The molecule has 2 atom stereocenters. The molecule has 0 spiro atoms. The Morgan fingerprint density at radius 3 is 2.68 bits per heavy atom. The summed E-state index contributed by atoms with van der Waals surface area (Å²) in [6, 6.07) is 13.1. The molecule has 0 aliphatic carbocycles. The lowest BCUT2D eigenvalue weighted by molar-refractivity contribution is -0.188. The summed E-state index contributed by atoms with van der Waals surface area (Å²) in [5.41, 5.74) is 3.73. The number of carbonyl (C=O) groups is 1. The molecule has 0 amide bonds. The van der Waals surface area contributed by atoms with E-state index in [2.05, 4.69) is 27.0 Å². The number of ether oxygens (including phenoxy) is 2. The van der Waals surface area contributed by atoms with Crippen molar-refractivity contribution in [1.29, 1.82) is 0 Å². The minimum Gasteiger partial charge on any atom is -0.481 e. The van der Waals surface area contributed by atoms with E-state index in [-0.39, 0.29) is 18.8 Å². The smallest absolute Gasteiger partial charge is 0.309 e. The topological polar surface area (TPSA) is 112 Å². The predicted molar refractivity (Wildman–Crippen MR) is 138 cm³/mol. The minimum absolute atomic E-state index is 0.106. The normalized spacial score (nSPS) is 16.0.